The fraction of sp³-hybridized carbons (Fsp3) is 0.0556. The van der Waals surface area contributed by atoms with Gasteiger partial charge >= 0.3 is 5.97 Å². The van der Waals surface area contributed by atoms with Crippen LogP contribution in [0.3, 0.4) is 0 Å². The number of aromatic nitrogens is 2. The molecule has 0 saturated heterocycles. The third kappa shape index (κ3) is 3.49. The summed E-state index contributed by atoms with van der Waals surface area (Å²) in [5.74, 6) is -0.738. The number of nitrogens with two attached hydrogens (primary N) is 1. The Kier molecular flexibility index (Phi) is 4.38. The first kappa shape index (κ1) is 15.5. The molecule has 2 heterocycles. The summed E-state index contributed by atoms with van der Waals surface area (Å²) in [4.78, 5) is 19.6. The molecule has 0 bridgehead atoms. The quantitative estimate of drug-likeness (QED) is 0.749. The Morgan fingerprint density at radius 3 is 2.46 bits per heavy atom. The van der Waals surface area contributed by atoms with Crippen LogP contribution in [-0.4, -0.2) is 21.0 Å². The molecule has 0 radical (unpaired) electrons. The Balaban J connectivity index is 1.83. The van der Waals surface area contributed by atoms with Crippen LogP contribution in [0.25, 0.3) is 11.4 Å². The van der Waals surface area contributed by atoms with E-state index in [4.69, 9.17) is 15.6 Å². The number of aromatic carboxylic acids is 1. The maximum absolute atomic E-state index is 11.1. The highest BCUT2D eigenvalue weighted by molar-refractivity contribution is 5.92. The topological polar surface area (TPSA) is 98.3 Å². The van der Waals surface area contributed by atoms with Gasteiger partial charge in [0.1, 0.15) is 6.61 Å². The second-order valence-corrected chi connectivity index (χ2v) is 5.07. The Morgan fingerprint density at radius 1 is 0.958 bits per heavy atom. The standard InChI is InChI=1S/C18H15N3O3/c19-13-9-10-15(21-17(13)18(22)23)14-7-4-8-16(20-14)24-11-12-5-2-1-3-6-12/h1-10H,11,19H2,(H,22,23). The molecule has 0 amide bonds. The third-order valence-corrected chi connectivity index (χ3v) is 3.34. The van der Waals surface area contributed by atoms with Crippen molar-refractivity contribution in [2.45, 2.75) is 6.61 Å². The van der Waals surface area contributed by atoms with E-state index in [2.05, 4.69) is 9.97 Å². The van der Waals surface area contributed by atoms with Crippen molar-refractivity contribution in [3.05, 3.63) is 71.9 Å². The van der Waals surface area contributed by atoms with Crippen LogP contribution in [0, 0.1) is 0 Å². The third-order valence-electron chi connectivity index (χ3n) is 3.34. The van der Waals surface area contributed by atoms with Crippen molar-refractivity contribution in [3.8, 4) is 17.3 Å². The monoisotopic (exact) mass is 321 g/mol. The molecule has 1 aromatic carbocycles. The normalized spacial score (nSPS) is 10.3. The molecule has 0 aliphatic heterocycles. The number of nitrogen functional groups attached to an aromatic ring is 1. The maximum Gasteiger partial charge on any atom is 0.356 e. The highest BCUT2D eigenvalue weighted by atomic mass is 16.5. The lowest BCUT2D eigenvalue weighted by atomic mass is 10.2. The molecular formula is C18H15N3O3. The first-order valence-electron chi connectivity index (χ1n) is 7.27. The van der Waals surface area contributed by atoms with Gasteiger partial charge in [-0.15, -0.1) is 0 Å². The zero-order valence-electron chi connectivity index (χ0n) is 12.7. The summed E-state index contributed by atoms with van der Waals surface area (Å²) in [5, 5.41) is 9.11. The van der Waals surface area contributed by atoms with Crippen molar-refractivity contribution in [1.29, 1.82) is 0 Å². The molecular weight excluding hydrogens is 306 g/mol. The van der Waals surface area contributed by atoms with E-state index in [1.165, 1.54) is 6.07 Å². The largest absolute Gasteiger partial charge is 0.476 e. The molecule has 0 saturated carbocycles. The van der Waals surface area contributed by atoms with Crippen LogP contribution < -0.4 is 10.5 Å². The van der Waals surface area contributed by atoms with Crippen molar-refractivity contribution in [2.24, 2.45) is 0 Å². The molecule has 6 nitrogen and oxygen atoms in total. The van der Waals surface area contributed by atoms with Gasteiger partial charge in [-0.1, -0.05) is 36.4 Å². The Bertz CT molecular complexity index is 866. The summed E-state index contributed by atoms with van der Waals surface area (Å²) in [6.07, 6.45) is 0. The highest BCUT2D eigenvalue weighted by Gasteiger charge is 2.12. The Labute approximate surface area is 138 Å². The van der Waals surface area contributed by atoms with Gasteiger partial charge < -0.3 is 15.6 Å². The molecule has 0 spiro atoms. The highest BCUT2D eigenvalue weighted by Crippen LogP contribution is 2.21. The number of anilines is 1. The first-order chi connectivity index (χ1) is 11.6. The molecule has 0 fully saturated rings. The molecule has 3 rings (SSSR count). The van der Waals surface area contributed by atoms with E-state index >= 15 is 0 Å². The molecule has 120 valence electrons. The molecule has 2 aromatic heterocycles. The number of benzene rings is 1. The van der Waals surface area contributed by atoms with Crippen molar-refractivity contribution < 1.29 is 14.6 Å². The van der Waals surface area contributed by atoms with Crippen molar-refractivity contribution in [3.63, 3.8) is 0 Å². The van der Waals surface area contributed by atoms with Crippen LogP contribution in [0.1, 0.15) is 16.1 Å². The van der Waals surface area contributed by atoms with Gasteiger partial charge in [0.05, 0.1) is 17.1 Å². The van der Waals surface area contributed by atoms with E-state index in [9.17, 15) is 4.79 Å². The molecule has 3 aromatic rings. The summed E-state index contributed by atoms with van der Waals surface area (Å²) < 4.78 is 5.68. The second kappa shape index (κ2) is 6.78. The van der Waals surface area contributed by atoms with E-state index in [-0.39, 0.29) is 11.4 Å². The number of carboxylic acids is 1. The predicted octanol–water partition coefficient (Wildman–Crippen LogP) is 3.00. The summed E-state index contributed by atoms with van der Waals surface area (Å²) in [7, 11) is 0. The number of pyridine rings is 2. The van der Waals surface area contributed by atoms with Crippen LogP contribution in [0.4, 0.5) is 5.69 Å². The van der Waals surface area contributed by atoms with E-state index in [0.29, 0.717) is 23.9 Å². The lowest BCUT2D eigenvalue weighted by Gasteiger charge is -2.08. The number of ether oxygens (including phenoxy) is 1. The van der Waals surface area contributed by atoms with Crippen LogP contribution in [0.5, 0.6) is 5.88 Å². The lowest BCUT2D eigenvalue weighted by molar-refractivity contribution is 0.0692. The summed E-state index contributed by atoms with van der Waals surface area (Å²) in [6, 6.07) is 18.1. The van der Waals surface area contributed by atoms with Gasteiger partial charge in [-0.05, 0) is 23.8 Å². The summed E-state index contributed by atoms with van der Waals surface area (Å²) >= 11 is 0. The average molecular weight is 321 g/mol. The minimum Gasteiger partial charge on any atom is -0.476 e. The fourth-order valence-corrected chi connectivity index (χ4v) is 2.15. The van der Waals surface area contributed by atoms with Gasteiger partial charge in [-0.3, -0.25) is 0 Å². The smallest absolute Gasteiger partial charge is 0.356 e. The molecule has 6 heteroatoms. The number of carboxylic acid groups (broad SMARTS) is 1. The molecule has 0 unspecified atom stereocenters. The average Bonchev–Trinajstić information content (AvgIpc) is 2.61. The number of rotatable bonds is 5. The first-order valence-corrected chi connectivity index (χ1v) is 7.27. The number of hydrogen-bond donors (Lipinski definition) is 2. The number of hydrogen-bond acceptors (Lipinski definition) is 5. The number of nitrogens with zero attached hydrogens (tertiary/aromatic N) is 2. The summed E-state index contributed by atoms with van der Waals surface area (Å²) in [5.41, 5.74) is 7.52. The summed E-state index contributed by atoms with van der Waals surface area (Å²) in [6.45, 7) is 0.396. The second-order valence-electron chi connectivity index (χ2n) is 5.07. The Morgan fingerprint density at radius 2 is 1.71 bits per heavy atom. The van der Waals surface area contributed by atoms with Crippen LogP contribution in [-0.2, 0) is 6.61 Å². The molecule has 0 aliphatic carbocycles. The van der Waals surface area contributed by atoms with Gasteiger partial charge in [-0.2, -0.15) is 0 Å². The van der Waals surface area contributed by atoms with Crippen molar-refractivity contribution in [1.82, 2.24) is 9.97 Å². The van der Waals surface area contributed by atoms with E-state index < -0.39 is 5.97 Å². The maximum atomic E-state index is 11.1. The van der Waals surface area contributed by atoms with Crippen LogP contribution in [0.15, 0.2) is 60.7 Å². The van der Waals surface area contributed by atoms with Gasteiger partial charge in [0.25, 0.3) is 0 Å². The van der Waals surface area contributed by atoms with Crippen molar-refractivity contribution >= 4 is 11.7 Å². The fourth-order valence-electron chi connectivity index (χ4n) is 2.15. The van der Waals surface area contributed by atoms with E-state index in [1.807, 2.05) is 30.3 Å². The van der Waals surface area contributed by atoms with Gasteiger partial charge in [0, 0.05) is 6.07 Å². The van der Waals surface area contributed by atoms with Gasteiger partial charge in [-0.25, -0.2) is 14.8 Å². The zero-order chi connectivity index (χ0) is 16.9. The van der Waals surface area contributed by atoms with Crippen LogP contribution >= 0.6 is 0 Å². The Hall–Kier alpha value is -3.41. The lowest BCUT2D eigenvalue weighted by Crippen LogP contribution is -2.06. The minimum absolute atomic E-state index is 0.114. The van der Waals surface area contributed by atoms with Crippen LogP contribution in [0.2, 0.25) is 0 Å². The van der Waals surface area contributed by atoms with Gasteiger partial charge in [0.2, 0.25) is 5.88 Å². The number of carbonyl (C=O) groups is 1. The molecule has 0 atom stereocenters. The van der Waals surface area contributed by atoms with E-state index in [1.54, 1.807) is 24.3 Å². The predicted molar refractivity (Wildman–Crippen MR) is 89.6 cm³/mol. The molecule has 0 aliphatic rings. The minimum atomic E-state index is -1.18. The molecule has 24 heavy (non-hydrogen) atoms. The van der Waals surface area contributed by atoms with E-state index in [0.717, 1.165) is 5.56 Å². The van der Waals surface area contributed by atoms with Gasteiger partial charge in [0.15, 0.2) is 5.69 Å². The zero-order valence-corrected chi connectivity index (χ0v) is 12.7. The molecule has 3 N–H and O–H groups in total. The van der Waals surface area contributed by atoms with Crippen molar-refractivity contribution in [2.75, 3.05) is 5.73 Å². The SMILES string of the molecule is Nc1ccc(-c2cccc(OCc3ccccc3)n2)nc1C(=O)O.